The Hall–Kier alpha value is -3.93. The summed E-state index contributed by atoms with van der Waals surface area (Å²) in [5.41, 5.74) is -3.35. The van der Waals surface area contributed by atoms with Gasteiger partial charge in [-0.05, 0) is 12.5 Å². The fourth-order valence-corrected chi connectivity index (χ4v) is 2.61. The lowest BCUT2D eigenvalue weighted by atomic mass is 9.96. The van der Waals surface area contributed by atoms with E-state index in [-0.39, 0.29) is 23.4 Å². The van der Waals surface area contributed by atoms with Gasteiger partial charge in [0.1, 0.15) is 17.2 Å². The molecule has 26 heavy (non-hydrogen) atoms. The van der Waals surface area contributed by atoms with Crippen molar-refractivity contribution < 1.29 is 9.53 Å². The number of esters is 1. The molecule has 0 aliphatic rings. The summed E-state index contributed by atoms with van der Waals surface area (Å²) in [6.45, 7) is 1.59. The zero-order valence-corrected chi connectivity index (χ0v) is 13.5. The van der Waals surface area contributed by atoms with Gasteiger partial charge in [-0.15, -0.1) is 0 Å². The summed E-state index contributed by atoms with van der Waals surface area (Å²) in [5.74, 6) is -0.936. The van der Waals surface area contributed by atoms with Gasteiger partial charge in [0, 0.05) is 5.56 Å². The first-order chi connectivity index (χ1) is 12.5. The largest absolute Gasteiger partial charge is 0.462 e. The number of carbonyl (C=O) groups excluding carboxylic acids is 1. The molecule has 3 rings (SSSR count). The molecule has 9 heteroatoms. The van der Waals surface area contributed by atoms with Crippen LogP contribution in [0.2, 0.25) is 0 Å². The van der Waals surface area contributed by atoms with E-state index in [0.29, 0.717) is 10.1 Å². The topological polar surface area (TPSA) is 137 Å². The molecule has 2 N–H and O–H groups in total. The molecule has 9 nitrogen and oxygen atoms in total. The van der Waals surface area contributed by atoms with Crippen LogP contribution >= 0.6 is 0 Å². The van der Waals surface area contributed by atoms with Gasteiger partial charge in [0.15, 0.2) is 5.65 Å². The van der Waals surface area contributed by atoms with Crippen molar-refractivity contribution in [2.75, 3.05) is 6.61 Å². The fraction of sp³-hybridized carbons (Fsp3) is 0.118. The summed E-state index contributed by atoms with van der Waals surface area (Å²) >= 11 is 0. The third kappa shape index (κ3) is 2.59. The van der Waals surface area contributed by atoms with Crippen LogP contribution in [0.15, 0.2) is 44.7 Å². The van der Waals surface area contributed by atoms with Gasteiger partial charge in [0.2, 0.25) is 0 Å². The molecule has 0 atom stereocenters. The third-order valence-electron chi connectivity index (χ3n) is 3.68. The Kier molecular flexibility index (Phi) is 4.24. The second kappa shape index (κ2) is 6.52. The van der Waals surface area contributed by atoms with Crippen LogP contribution in [0.4, 0.5) is 0 Å². The van der Waals surface area contributed by atoms with Crippen LogP contribution in [0.5, 0.6) is 0 Å². The van der Waals surface area contributed by atoms with Gasteiger partial charge in [-0.2, -0.15) is 9.78 Å². The highest BCUT2D eigenvalue weighted by Gasteiger charge is 2.26. The van der Waals surface area contributed by atoms with Crippen LogP contribution in [0.25, 0.3) is 16.8 Å². The Labute approximate surface area is 145 Å². The minimum absolute atomic E-state index is 0.0131. The monoisotopic (exact) mass is 352 g/mol. The number of rotatable bonds is 3. The van der Waals surface area contributed by atoms with Crippen molar-refractivity contribution in [2.24, 2.45) is 0 Å². The highest BCUT2D eigenvalue weighted by molar-refractivity contribution is 6.00. The molecule has 2 aromatic heterocycles. The Morgan fingerprint density at radius 1 is 1.19 bits per heavy atom. The molecular formula is C17H12N4O5. The SMILES string of the molecule is CCOC(=O)c1c(-c2ccccc2)c(C#N)c2[nH]c(=O)c(=O)[nH]n2c1=O. The van der Waals surface area contributed by atoms with Crippen LogP contribution in [0, 0.1) is 11.3 Å². The number of ether oxygens (including phenoxy) is 1. The van der Waals surface area contributed by atoms with Crippen molar-refractivity contribution in [1.82, 2.24) is 14.6 Å². The maximum Gasteiger partial charge on any atom is 0.344 e. The fourth-order valence-electron chi connectivity index (χ4n) is 2.61. The molecule has 0 saturated heterocycles. The predicted octanol–water partition coefficient (Wildman–Crippen LogP) is 0.391. The molecule has 1 aromatic carbocycles. The van der Waals surface area contributed by atoms with Crippen LogP contribution in [0.1, 0.15) is 22.8 Å². The Balaban J connectivity index is 2.60. The molecule has 0 unspecified atom stereocenters. The lowest BCUT2D eigenvalue weighted by Gasteiger charge is -2.13. The quantitative estimate of drug-likeness (QED) is 0.517. The summed E-state index contributed by atoms with van der Waals surface area (Å²) in [4.78, 5) is 50.7. The molecule has 0 bridgehead atoms. The van der Waals surface area contributed by atoms with Gasteiger partial charge in [-0.1, -0.05) is 30.3 Å². The maximum absolute atomic E-state index is 12.8. The van der Waals surface area contributed by atoms with Gasteiger partial charge in [0.25, 0.3) is 5.56 Å². The number of hydrogen-bond acceptors (Lipinski definition) is 6. The highest BCUT2D eigenvalue weighted by Crippen LogP contribution is 2.27. The summed E-state index contributed by atoms with van der Waals surface area (Å²) in [6, 6.07) is 10.2. The standard InChI is InChI=1S/C17H12N4O5/c1-2-26-17(25)12-11(9-6-4-3-5-7-9)10(8-18)13-19-14(22)15(23)20-21(13)16(12)24/h3-7H,2H2,1H3,(H,19,22)(H,20,23). The molecule has 2 heterocycles. The summed E-state index contributed by atoms with van der Waals surface area (Å²) in [5, 5.41) is 11.7. The van der Waals surface area contributed by atoms with E-state index in [9.17, 15) is 24.4 Å². The van der Waals surface area contributed by atoms with Crippen LogP contribution < -0.4 is 16.7 Å². The van der Waals surface area contributed by atoms with Crippen molar-refractivity contribution in [3.05, 3.63) is 72.5 Å². The van der Waals surface area contributed by atoms with Crippen molar-refractivity contribution in [3.63, 3.8) is 0 Å². The van der Waals surface area contributed by atoms with Crippen molar-refractivity contribution >= 4 is 11.6 Å². The number of hydrogen-bond donors (Lipinski definition) is 2. The van der Waals surface area contributed by atoms with Gasteiger partial charge in [-0.25, -0.2) is 4.79 Å². The van der Waals surface area contributed by atoms with E-state index in [1.807, 2.05) is 6.07 Å². The summed E-state index contributed by atoms with van der Waals surface area (Å²) < 4.78 is 5.62. The Bertz CT molecular complexity index is 1230. The number of aromatic nitrogens is 3. The number of fused-ring (bicyclic) bond motifs is 1. The molecule has 3 aromatic rings. The zero-order chi connectivity index (χ0) is 18.8. The van der Waals surface area contributed by atoms with E-state index in [1.54, 1.807) is 37.3 Å². The van der Waals surface area contributed by atoms with E-state index in [0.717, 1.165) is 0 Å². The number of nitrogens with one attached hydrogen (secondary N) is 2. The van der Waals surface area contributed by atoms with Crippen molar-refractivity contribution in [3.8, 4) is 17.2 Å². The minimum atomic E-state index is -1.09. The number of pyridine rings is 1. The number of nitriles is 1. The van der Waals surface area contributed by atoms with Crippen LogP contribution in [-0.4, -0.2) is 27.2 Å². The molecule has 0 radical (unpaired) electrons. The molecule has 0 aliphatic heterocycles. The van der Waals surface area contributed by atoms with Gasteiger partial charge < -0.3 is 9.72 Å². The van der Waals surface area contributed by atoms with Gasteiger partial charge in [-0.3, -0.25) is 19.5 Å². The molecule has 0 fully saturated rings. The number of benzene rings is 1. The number of H-pyrrole nitrogens is 2. The first-order valence-electron chi connectivity index (χ1n) is 7.57. The van der Waals surface area contributed by atoms with E-state index in [4.69, 9.17) is 4.74 Å². The van der Waals surface area contributed by atoms with Crippen LogP contribution in [-0.2, 0) is 4.74 Å². The van der Waals surface area contributed by atoms with Gasteiger partial charge >= 0.3 is 17.1 Å². The summed E-state index contributed by atoms with van der Waals surface area (Å²) in [7, 11) is 0. The molecule has 0 spiro atoms. The lowest BCUT2D eigenvalue weighted by molar-refractivity contribution is 0.0525. The molecule has 0 saturated carbocycles. The van der Waals surface area contributed by atoms with Crippen molar-refractivity contribution in [1.29, 1.82) is 5.26 Å². The van der Waals surface area contributed by atoms with E-state index < -0.39 is 28.2 Å². The Morgan fingerprint density at radius 3 is 2.50 bits per heavy atom. The van der Waals surface area contributed by atoms with E-state index in [1.165, 1.54) is 0 Å². The highest BCUT2D eigenvalue weighted by atomic mass is 16.5. The molecular weight excluding hydrogens is 340 g/mol. The lowest BCUT2D eigenvalue weighted by Crippen LogP contribution is -2.38. The number of aromatic amines is 2. The molecule has 0 aliphatic carbocycles. The predicted molar refractivity (Wildman–Crippen MR) is 91.0 cm³/mol. The second-order valence-corrected chi connectivity index (χ2v) is 5.21. The van der Waals surface area contributed by atoms with Crippen LogP contribution in [0.3, 0.4) is 0 Å². The Morgan fingerprint density at radius 2 is 1.88 bits per heavy atom. The van der Waals surface area contributed by atoms with E-state index >= 15 is 0 Å². The third-order valence-corrected chi connectivity index (χ3v) is 3.68. The maximum atomic E-state index is 12.8. The first kappa shape index (κ1) is 16.9. The normalized spacial score (nSPS) is 10.5. The number of carbonyl (C=O) groups is 1. The average molecular weight is 352 g/mol. The number of nitrogens with zero attached hydrogens (tertiary/aromatic N) is 2. The molecule has 130 valence electrons. The second-order valence-electron chi connectivity index (χ2n) is 5.21. The zero-order valence-electron chi connectivity index (χ0n) is 13.5. The molecule has 0 amide bonds. The first-order valence-corrected chi connectivity index (χ1v) is 7.57. The van der Waals surface area contributed by atoms with E-state index in [2.05, 4.69) is 10.1 Å². The van der Waals surface area contributed by atoms with Crippen molar-refractivity contribution in [2.45, 2.75) is 6.92 Å². The summed E-state index contributed by atoms with van der Waals surface area (Å²) in [6.07, 6.45) is 0. The van der Waals surface area contributed by atoms with Gasteiger partial charge in [0.05, 0.1) is 6.61 Å². The minimum Gasteiger partial charge on any atom is -0.462 e. The average Bonchev–Trinajstić information content (AvgIpc) is 2.64. The smallest absolute Gasteiger partial charge is 0.344 e.